The first kappa shape index (κ1) is 11.1. The number of fused-ring (bicyclic) bond motifs is 1. The predicted molar refractivity (Wildman–Crippen MR) is 65.3 cm³/mol. The summed E-state index contributed by atoms with van der Waals surface area (Å²) in [5, 5.41) is 0. The Morgan fingerprint density at radius 3 is 2.81 bits per heavy atom. The van der Waals surface area contributed by atoms with Gasteiger partial charge in [0.25, 0.3) is 0 Å². The molecule has 2 rings (SSSR count). The van der Waals surface area contributed by atoms with E-state index in [1.165, 1.54) is 5.56 Å². The molecule has 1 aromatic carbocycles. The van der Waals surface area contributed by atoms with E-state index >= 15 is 0 Å². The van der Waals surface area contributed by atoms with Gasteiger partial charge in [0.15, 0.2) is 11.5 Å². The standard InChI is InChI=1S/C13H18N2O/c1-9-4-5-10-11(8-9)16-12(15-10)6-7-13(2,3)14/h4-5,8H,6-7,14H2,1-3H3. The minimum absolute atomic E-state index is 0.170. The molecule has 0 aliphatic carbocycles. The van der Waals surface area contributed by atoms with Gasteiger partial charge in [-0.25, -0.2) is 4.98 Å². The van der Waals surface area contributed by atoms with Crippen LogP contribution in [-0.2, 0) is 6.42 Å². The molecule has 0 spiro atoms. The van der Waals surface area contributed by atoms with E-state index in [1.54, 1.807) is 0 Å². The van der Waals surface area contributed by atoms with Crippen molar-refractivity contribution < 1.29 is 4.42 Å². The third kappa shape index (κ3) is 2.61. The van der Waals surface area contributed by atoms with Gasteiger partial charge in [-0.15, -0.1) is 0 Å². The van der Waals surface area contributed by atoms with Crippen LogP contribution in [0.1, 0.15) is 31.7 Å². The van der Waals surface area contributed by atoms with Crippen LogP contribution >= 0.6 is 0 Å². The average Bonchev–Trinajstić information content (AvgIpc) is 2.55. The predicted octanol–water partition coefficient (Wildman–Crippen LogP) is 2.81. The van der Waals surface area contributed by atoms with Gasteiger partial charge in [-0.1, -0.05) is 6.07 Å². The molecule has 0 saturated heterocycles. The summed E-state index contributed by atoms with van der Waals surface area (Å²) >= 11 is 0. The normalized spacial score (nSPS) is 12.2. The molecule has 16 heavy (non-hydrogen) atoms. The van der Waals surface area contributed by atoms with E-state index in [1.807, 2.05) is 39.0 Å². The Morgan fingerprint density at radius 1 is 1.38 bits per heavy atom. The molecule has 0 atom stereocenters. The fourth-order valence-corrected chi connectivity index (χ4v) is 1.62. The van der Waals surface area contributed by atoms with Crippen molar-refractivity contribution in [1.29, 1.82) is 0 Å². The molecule has 0 aliphatic heterocycles. The lowest BCUT2D eigenvalue weighted by Crippen LogP contribution is -2.32. The molecule has 0 radical (unpaired) electrons. The Kier molecular flexibility index (Phi) is 2.72. The maximum absolute atomic E-state index is 5.93. The summed E-state index contributed by atoms with van der Waals surface area (Å²) in [6.07, 6.45) is 1.66. The molecule has 0 saturated carbocycles. The maximum atomic E-state index is 5.93. The molecule has 0 amide bonds. The monoisotopic (exact) mass is 218 g/mol. The van der Waals surface area contributed by atoms with E-state index < -0.39 is 0 Å². The summed E-state index contributed by atoms with van der Waals surface area (Å²) in [5.41, 5.74) is 8.74. The van der Waals surface area contributed by atoms with Crippen molar-refractivity contribution in [3.8, 4) is 0 Å². The van der Waals surface area contributed by atoms with Gasteiger partial charge in [0.2, 0.25) is 0 Å². The van der Waals surface area contributed by atoms with E-state index in [4.69, 9.17) is 10.2 Å². The lowest BCUT2D eigenvalue weighted by molar-refractivity contribution is 0.435. The molecule has 2 aromatic rings. The largest absolute Gasteiger partial charge is 0.441 e. The van der Waals surface area contributed by atoms with Crippen molar-refractivity contribution in [1.82, 2.24) is 4.98 Å². The zero-order valence-electron chi connectivity index (χ0n) is 10.1. The topological polar surface area (TPSA) is 52.0 Å². The number of aromatic nitrogens is 1. The van der Waals surface area contributed by atoms with Crippen molar-refractivity contribution >= 4 is 11.1 Å². The SMILES string of the molecule is Cc1ccc2nc(CCC(C)(C)N)oc2c1. The van der Waals surface area contributed by atoms with Crippen LogP contribution in [-0.4, -0.2) is 10.5 Å². The van der Waals surface area contributed by atoms with Crippen LogP contribution in [0.2, 0.25) is 0 Å². The van der Waals surface area contributed by atoms with Crippen molar-refractivity contribution in [3.63, 3.8) is 0 Å². The van der Waals surface area contributed by atoms with E-state index in [2.05, 4.69) is 4.98 Å². The number of hydrogen-bond donors (Lipinski definition) is 1. The third-order valence-electron chi connectivity index (χ3n) is 2.57. The molecule has 1 aromatic heterocycles. The Morgan fingerprint density at radius 2 is 2.12 bits per heavy atom. The summed E-state index contributed by atoms with van der Waals surface area (Å²) in [6, 6.07) is 6.05. The van der Waals surface area contributed by atoms with Crippen molar-refractivity contribution in [2.45, 2.75) is 39.2 Å². The summed E-state index contributed by atoms with van der Waals surface area (Å²) < 4.78 is 5.68. The first-order valence-electron chi connectivity index (χ1n) is 5.59. The Labute approximate surface area is 95.7 Å². The lowest BCUT2D eigenvalue weighted by Gasteiger charge is -2.16. The van der Waals surface area contributed by atoms with E-state index in [9.17, 15) is 0 Å². The molecule has 0 aliphatic rings. The van der Waals surface area contributed by atoms with Crippen LogP contribution in [0.15, 0.2) is 22.6 Å². The number of nitrogens with zero attached hydrogens (tertiary/aromatic N) is 1. The van der Waals surface area contributed by atoms with Crippen molar-refractivity contribution in [2.75, 3.05) is 0 Å². The van der Waals surface area contributed by atoms with Crippen LogP contribution < -0.4 is 5.73 Å². The van der Waals surface area contributed by atoms with Gasteiger partial charge in [0.05, 0.1) is 0 Å². The quantitative estimate of drug-likeness (QED) is 0.861. The van der Waals surface area contributed by atoms with Gasteiger partial charge in [-0.2, -0.15) is 0 Å². The van der Waals surface area contributed by atoms with Crippen molar-refractivity contribution in [3.05, 3.63) is 29.7 Å². The second kappa shape index (κ2) is 3.91. The van der Waals surface area contributed by atoms with Crippen LogP contribution in [0, 0.1) is 6.92 Å². The molecule has 3 nitrogen and oxygen atoms in total. The molecule has 0 bridgehead atoms. The van der Waals surface area contributed by atoms with Crippen molar-refractivity contribution in [2.24, 2.45) is 5.73 Å². The molecular weight excluding hydrogens is 200 g/mol. The molecule has 2 N–H and O–H groups in total. The number of aryl methyl sites for hydroxylation is 2. The van der Waals surface area contributed by atoms with Gasteiger partial charge in [0.1, 0.15) is 5.52 Å². The molecule has 86 valence electrons. The molecular formula is C13H18N2O. The zero-order valence-corrected chi connectivity index (χ0v) is 10.1. The van der Waals surface area contributed by atoms with Gasteiger partial charge in [-0.3, -0.25) is 0 Å². The first-order valence-corrected chi connectivity index (χ1v) is 5.59. The highest BCUT2D eigenvalue weighted by atomic mass is 16.3. The highest BCUT2D eigenvalue weighted by Crippen LogP contribution is 2.19. The number of oxazole rings is 1. The molecule has 1 heterocycles. The minimum atomic E-state index is -0.170. The molecule has 0 fully saturated rings. The van der Waals surface area contributed by atoms with E-state index in [-0.39, 0.29) is 5.54 Å². The summed E-state index contributed by atoms with van der Waals surface area (Å²) in [4.78, 5) is 4.43. The van der Waals surface area contributed by atoms with Crippen LogP contribution in [0.3, 0.4) is 0 Å². The fraction of sp³-hybridized carbons (Fsp3) is 0.462. The Hall–Kier alpha value is -1.35. The van der Waals surface area contributed by atoms with Crippen LogP contribution in [0.4, 0.5) is 0 Å². The molecule has 3 heteroatoms. The fourth-order valence-electron chi connectivity index (χ4n) is 1.62. The highest BCUT2D eigenvalue weighted by molar-refractivity contribution is 5.73. The smallest absolute Gasteiger partial charge is 0.195 e. The third-order valence-corrected chi connectivity index (χ3v) is 2.57. The van der Waals surface area contributed by atoms with Crippen LogP contribution in [0.5, 0.6) is 0 Å². The summed E-state index contributed by atoms with van der Waals surface area (Å²) in [5.74, 6) is 0.777. The number of rotatable bonds is 3. The Balaban J connectivity index is 2.20. The maximum Gasteiger partial charge on any atom is 0.195 e. The average molecular weight is 218 g/mol. The van der Waals surface area contributed by atoms with Gasteiger partial charge in [0, 0.05) is 12.0 Å². The van der Waals surface area contributed by atoms with E-state index in [0.717, 1.165) is 29.8 Å². The lowest BCUT2D eigenvalue weighted by atomic mass is 10.0. The summed E-state index contributed by atoms with van der Waals surface area (Å²) in [6.45, 7) is 6.07. The number of benzene rings is 1. The Bertz CT molecular complexity index is 494. The van der Waals surface area contributed by atoms with Gasteiger partial charge in [-0.05, 0) is 44.9 Å². The first-order chi connectivity index (χ1) is 7.44. The van der Waals surface area contributed by atoms with Crippen LogP contribution in [0.25, 0.3) is 11.1 Å². The summed E-state index contributed by atoms with van der Waals surface area (Å²) in [7, 11) is 0. The minimum Gasteiger partial charge on any atom is -0.441 e. The van der Waals surface area contributed by atoms with Gasteiger partial charge >= 0.3 is 0 Å². The zero-order chi connectivity index (χ0) is 11.8. The molecule has 0 unspecified atom stereocenters. The highest BCUT2D eigenvalue weighted by Gasteiger charge is 2.13. The number of hydrogen-bond acceptors (Lipinski definition) is 3. The van der Waals surface area contributed by atoms with E-state index in [0.29, 0.717) is 0 Å². The second-order valence-corrected chi connectivity index (χ2v) is 5.07. The van der Waals surface area contributed by atoms with Gasteiger partial charge < -0.3 is 10.2 Å². The second-order valence-electron chi connectivity index (χ2n) is 5.07. The number of nitrogens with two attached hydrogens (primary N) is 1.